The van der Waals surface area contributed by atoms with Crippen LogP contribution in [0.3, 0.4) is 0 Å². The van der Waals surface area contributed by atoms with Crippen molar-refractivity contribution in [2.45, 2.75) is 50.6 Å². The highest BCUT2D eigenvalue weighted by Crippen LogP contribution is 2.52. The molecule has 4 N–H and O–H groups in total. The number of hydrogen-bond donors (Lipinski definition) is 3. The summed E-state index contributed by atoms with van der Waals surface area (Å²) in [5, 5.41) is 22.7. The molecule has 0 radical (unpaired) electrons. The molecule has 13 heteroatoms. The van der Waals surface area contributed by atoms with E-state index in [2.05, 4.69) is 0 Å². The SMILES string of the molecule is CCN(CCc1ccccc1)Cc1cc(O)c2c(c1C(F)(F)F)C[C@H]1C[C@H]3[C@H](N(C)C)C(=O)C(C(N)=O)C(=O)[C@@]3(O)C(=O)C1C2=O. The molecule has 246 valence electrons. The van der Waals surface area contributed by atoms with Crippen LogP contribution in [0.1, 0.15) is 46.0 Å². The molecule has 0 heterocycles. The fourth-order valence-electron chi connectivity index (χ4n) is 7.74. The van der Waals surface area contributed by atoms with E-state index in [1.165, 1.54) is 19.0 Å². The number of Topliss-reactive ketones (excluding diaryl/α,β-unsaturated/α-hetero) is 4. The van der Waals surface area contributed by atoms with Crippen LogP contribution in [0.15, 0.2) is 36.4 Å². The van der Waals surface area contributed by atoms with Crippen LogP contribution in [0.2, 0.25) is 0 Å². The Morgan fingerprint density at radius 1 is 1.09 bits per heavy atom. The standard InChI is InChI=1S/C33H36F3N3O7/c1-4-39(11-10-16-8-6-5-7-9-16)15-18-14-21(40)23-19(25(18)33(34,35)36)12-17-13-20-26(38(2)3)28(42)24(31(37)45)30(44)32(20,46)29(43)22(17)27(23)41/h5-9,14,17,20,22,24,26,40,46H,4,10-13,15H2,1-3H3,(H2,37,45)/t17-,20-,22?,24?,26-,32-/m0/s1. The van der Waals surface area contributed by atoms with E-state index in [0.29, 0.717) is 19.5 Å². The second-order valence-electron chi connectivity index (χ2n) is 12.7. The predicted octanol–water partition coefficient (Wildman–Crippen LogP) is 1.95. The number of aromatic hydroxyl groups is 1. The number of carbonyl (C=O) groups is 5. The van der Waals surface area contributed by atoms with Crippen molar-refractivity contribution in [3.8, 4) is 5.75 Å². The molecule has 3 aliphatic rings. The minimum absolute atomic E-state index is 0.178. The monoisotopic (exact) mass is 643 g/mol. The lowest BCUT2D eigenvalue weighted by atomic mass is 9.52. The van der Waals surface area contributed by atoms with Gasteiger partial charge in [0.25, 0.3) is 0 Å². The van der Waals surface area contributed by atoms with Crippen LogP contribution in [0.5, 0.6) is 5.75 Å². The average Bonchev–Trinajstić information content (AvgIpc) is 2.96. The molecule has 10 nitrogen and oxygen atoms in total. The number of phenols is 1. The summed E-state index contributed by atoms with van der Waals surface area (Å²) in [6.45, 7) is 2.45. The number of nitrogens with two attached hydrogens (primary N) is 1. The molecule has 6 atom stereocenters. The van der Waals surface area contributed by atoms with Crippen molar-refractivity contribution in [1.82, 2.24) is 9.80 Å². The maximum absolute atomic E-state index is 14.9. The van der Waals surface area contributed by atoms with E-state index >= 15 is 0 Å². The summed E-state index contributed by atoms with van der Waals surface area (Å²) in [5.41, 5.74) is 0.897. The Morgan fingerprint density at radius 3 is 2.30 bits per heavy atom. The zero-order valence-corrected chi connectivity index (χ0v) is 25.6. The normalized spacial score (nSPS) is 27.9. The van der Waals surface area contributed by atoms with Crippen LogP contribution >= 0.6 is 0 Å². The van der Waals surface area contributed by atoms with E-state index < -0.39 is 99.4 Å². The number of aliphatic hydroxyl groups is 1. The number of ketones is 4. The van der Waals surface area contributed by atoms with E-state index in [1.807, 2.05) is 30.3 Å². The first-order valence-corrected chi connectivity index (χ1v) is 15.1. The number of carbonyl (C=O) groups excluding carboxylic acids is 5. The van der Waals surface area contributed by atoms with Crippen LogP contribution in [0, 0.1) is 23.7 Å². The molecule has 1 amide bonds. The highest BCUT2D eigenvalue weighted by atomic mass is 19.4. The van der Waals surface area contributed by atoms with E-state index in [0.717, 1.165) is 11.6 Å². The van der Waals surface area contributed by atoms with Gasteiger partial charge >= 0.3 is 6.18 Å². The van der Waals surface area contributed by atoms with Crippen LogP contribution in [-0.2, 0) is 44.7 Å². The Labute approximate surface area is 263 Å². The van der Waals surface area contributed by atoms with Crippen LogP contribution in [0.25, 0.3) is 0 Å². The number of alkyl halides is 3. The van der Waals surface area contributed by atoms with Gasteiger partial charge in [0.05, 0.1) is 23.1 Å². The number of nitrogens with zero attached hydrogens (tertiary/aromatic N) is 2. The lowest BCUT2D eigenvalue weighted by Crippen LogP contribution is -2.74. The van der Waals surface area contributed by atoms with Crippen molar-refractivity contribution in [1.29, 1.82) is 0 Å². The minimum atomic E-state index is -4.93. The summed E-state index contributed by atoms with van der Waals surface area (Å²) in [4.78, 5) is 69.7. The lowest BCUT2D eigenvalue weighted by molar-refractivity contribution is -0.181. The zero-order chi connectivity index (χ0) is 33.9. The van der Waals surface area contributed by atoms with Gasteiger partial charge in [-0.1, -0.05) is 37.3 Å². The smallest absolute Gasteiger partial charge is 0.417 e. The Morgan fingerprint density at radius 2 is 1.74 bits per heavy atom. The summed E-state index contributed by atoms with van der Waals surface area (Å²) in [6, 6.07) is 8.96. The number of likely N-dealkylation sites (N-methyl/N-ethyl adjacent to an activating group) is 2. The molecule has 0 saturated heterocycles. The van der Waals surface area contributed by atoms with Gasteiger partial charge in [-0.2, -0.15) is 13.2 Å². The zero-order valence-electron chi connectivity index (χ0n) is 25.6. The third-order valence-corrected chi connectivity index (χ3v) is 9.83. The largest absolute Gasteiger partial charge is 0.507 e. The van der Waals surface area contributed by atoms with Crippen molar-refractivity contribution < 1.29 is 47.4 Å². The van der Waals surface area contributed by atoms with Crippen molar-refractivity contribution in [2.75, 3.05) is 27.2 Å². The van der Waals surface area contributed by atoms with Crippen molar-refractivity contribution >= 4 is 29.0 Å². The molecule has 3 aliphatic carbocycles. The number of fused-ring (bicyclic) bond motifs is 3. The molecule has 5 rings (SSSR count). The van der Waals surface area contributed by atoms with E-state index in [-0.39, 0.29) is 18.5 Å². The number of halogens is 3. The van der Waals surface area contributed by atoms with Gasteiger partial charge in [-0.25, -0.2) is 0 Å². The summed E-state index contributed by atoms with van der Waals surface area (Å²) < 4.78 is 44.6. The van der Waals surface area contributed by atoms with Crippen LogP contribution in [0.4, 0.5) is 13.2 Å². The predicted molar refractivity (Wildman–Crippen MR) is 157 cm³/mol. The molecule has 0 aliphatic heterocycles. The van der Waals surface area contributed by atoms with E-state index in [1.54, 1.807) is 11.8 Å². The van der Waals surface area contributed by atoms with Crippen molar-refractivity contribution in [2.24, 2.45) is 29.4 Å². The van der Waals surface area contributed by atoms with Gasteiger partial charge in [0.15, 0.2) is 34.7 Å². The quantitative estimate of drug-likeness (QED) is 0.366. The fourth-order valence-corrected chi connectivity index (χ4v) is 7.74. The number of primary amides is 1. The first-order valence-electron chi connectivity index (χ1n) is 15.1. The number of benzene rings is 2. The number of phenolic OH excluding ortho intramolecular Hbond substituents is 1. The Balaban J connectivity index is 1.57. The molecule has 2 aromatic carbocycles. The third-order valence-electron chi connectivity index (χ3n) is 9.83. The highest BCUT2D eigenvalue weighted by molar-refractivity contribution is 6.32. The minimum Gasteiger partial charge on any atom is -0.507 e. The third kappa shape index (κ3) is 5.33. The van der Waals surface area contributed by atoms with Crippen molar-refractivity contribution in [3.05, 3.63) is 64.2 Å². The van der Waals surface area contributed by atoms with Gasteiger partial charge in [0.1, 0.15) is 5.75 Å². The molecule has 0 spiro atoms. The Kier molecular flexibility index (Phi) is 8.73. The van der Waals surface area contributed by atoms with Crippen LogP contribution in [-0.4, -0.2) is 87.9 Å². The number of hydrogen-bond acceptors (Lipinski definition) is 9. The molecule has 2 fully saturated rings. The second-order valence-corrected chi connectivity index (χ2v) is 12.7. The Bertz CT molecular complexity index is 1610. The molecule has 46 heavy (non-hydrogen) atoms. The van der Waals surface area contributed by atoms with Gasteiger partial charge < -0.3 is 15.9 Å². The van der Waals surface area contributed by atoms with Gasteiger partial charge in [0.2, 0.25) is 5.91 Å². The van der Waals surface area contributed by atoms with Gasteiger partial charge in [0, 0.05) is 19.0 Å². The molecule has 0 aromatic heterocycles. The molecule has 2 saturated carbocycles. The number of amides is 1. The first-order chi connectivity index (χ1) is 21.5. The lowest BCUT2D eigenvalue weighted by Gasteiger charge is -2.52. The maximum atomic E-state index is 14.9. The van der Waals surface area contributed by atoms with E-state index in [4.69, 9.17) is 5.73 Å². The molecule has 2 aromatic rings. The van der Waals surface area contributed by atoms with Crippen molar-refractivity contribution in [3.63, 3.8) is 0 Å². The number of rotatable bonds is 8. The highest BCUT2D eigenvalue weighted by Gasteiger charge is 2.69. The first kappa shape index (κ1) is 33.4. The summed E-state index contributed by atoms with van der Waals surface area (Å²) >= 11 is 0. The molecule has 2 unspecified atom stereocenters. The summed E-state index contributed by atoms with van der Waals surface area (Å²) in [7, 11) is 2.86. The fraction of sp³-hybridized carbons (Fsp3) is 0.485. The Hall–Kier alpha value is -3.94. The van der Waals surface area contributed by atoms with Gasteiger partial charge in [-0.05, 0) is 68.6 Å². The van der Waals surface area contributed by atoms with Crippen LogP contribution < -0.4 is 5.73 Å². The second kappa shape index (κ2) is 12.0. The summed E-state index contributed by atoms with van der Waals surface area (Å²) in [5.74, 6) is -13.4. The molecular weight excluding hydrogens is 607 g/mol. The molecule has 0 bridgehead atoms. The molecular formula is C33H36F3N3O7. The average molecular weight is 644 g/mol. The van der Waals surface area contributed by atoms with Gasteiger partial charge in [-0.15, -0.1) is 0 Å². The summed E-state index contributed by atoms with van der Waals surface area (Å²) in [6.07, 6.45) is -5.18. The maximum Gasteiger partial charge on any atom is 0.417 e. The van der Waals surface area contributed by atoms with E-state index in [9.17, 15) is 47.4 Å². The van der Waals surface area contributed by atoms with Gasteiger partial charge in [-0.3, -0.25) is 33.8 Å². The topological polar surface area (TPSA) is 158 Å².